The number of imide groups is 1. The van der Waals surface area contributed by atoms with Crippen molar-refractivity contribution in [3.63, 3.8) is 0 Å². The lowest BCUT2D eigenvalue weighted by Crippen LogP contribution is -2.40. The molecule has 126 valence electrons. The van der Waals surface area contributed by atoms with Gasteiger partial charge in [0, 0.05) is 0 Å². The number of carbonyl (C=O) groups excluding carboxylic acids is 2. The molecule has 0 aliphatic carbocycles. The Labute approximate surface area is 145 Å². The maximum absolute atomic E-state index is 12.9. The Balaban J connectivity index is 1.90. The van der Waals surface area contributed by atoms with Gasteiger partial charge in [-0.1, -0.05) is 30.3 Å². The predicted octanol–water partition coefficient (Wildman–Crippen LogP) is 2.53. The van der Waals surface area contributed by atoms with Gasteiger partial charge in [0.2, 0.25) is 0 Å². The molecule has 0 spiro atoms. The number of amides is 3. The average molecular weight is 335 g/mol. The fraction of sp³-hybridized carbons (Fsp3) is 0.211. The summed E-state index contributed by atoms with van der Waals surface area (Å²) in [5.41, 5.74) is 0.599. The van der Waals surface area contributed by atoms with Crippen molar-refractivity contribution in [1.82, 2.24) is 10.2 Å². The van der Waals surface area contributed by atoms with Gasteiger partial charge in [-0.05, 0) is 36.2 Å². The van der Waals surface area contributed by atoms with E-state index in [9.17, 15) is 14.9 Å². The molecule has 2 aromatic rings. The molecule has 0 saturated carbocycles. The van der Waals surface area contributed by atoms with Crippen molar-refractivity contribution in [2.24, 2.45) is 0 Å². The van der Waals surface area contributed by atoms with Crippen molar-refractivity contribution in [3.8, 4) is 11.8 Å². The first-order chi connectivity index (χ1) is 12.0. The maximum atomic E-state index is 12.9. The lowest BCUT2D eigenvalue weighted by atomic mass is 9.92. The minimum atomic E-state index is -1.15. The Bertz CT molecular complexity index is 870. The summed E-state index contributed by atoms with van der Waals surface area (Å²) >= 11 is 0. The van der Waals surface area contributed by atoms with Crippen LogP contribution in [0.5, 0.6) is 5.75 Å². The number of urea groups is 1. The lowest BCUT2D eigenvalue weighted by molar-refractivity contribution is -0.131. The van der Waals surface area contributed by atoms with Crippen molar-refractivity contribution < 1.29 is 14.3 Å². The number of carbonyl (C=O) groups is 2. The molecular formula is C19H17N3O3. The number of methoxy groups -OCH3 is 1. The van der Waals surface area contributed by atoms with Crippen LogP contribution >= 0.6 is 0 Å². The highest BCUT2D eigenvalue weighted by atomic mass is 16.5. The van der Waals surface area contributed by atoms with Gasteiger partial charge >= 0.3 is 6.03 Å². The van der Waals surface area contributed by atoms with Crippen LogP contribution in [0, 0.1) is 11.3 Å². The third-order valence-electron chi connectivity index (χ3n) is 4.41. The molecule has 1 heterocycles. The third-order valence-corrected chi connectivity index (χ3v) is 4.41. The third kappa shape index (κ3) is 2.81. The van der Waals surface area contributed by atoms with Crippen LogP contribution < -0.4 is 10.1 Å². The molecule has 1 aliphatic rings. The molecule has 0 bridgehead atoms. The highest BCUT2D eigenvalue weighted by molar-refractivity contribution is 6.07. The van der Waals surface area contributed by atoms with Crippen molar-refractivity contribution in [3.05, 3.63) is 65.2 Å². The van der Waals surface area contributed by atoms with E-state index >= 15 is 0 Å². The predicted molar refractivity (Wildman–Crippen MR) is 90.6 cm³/mol. The zero-order valence-corrected chi connectivity index (χ0v) is 13.9. The van der Waals surface area contributed by atoms with E-state index in [-0.39, 0.29) is 12.5 Å². The molecule has 25 heavy (non-hydrogen) atoms. The van der Waals surface area contributed by atoms with Gasteiger partial charge in [0.05, 0.1) is 25.3 Å². The largest absolute Gasteiger partial charge is 0.497 e. The van der Waals surface area contributed by atoms with Gasteiger partial charge in [0.25, 0.3) is 5.91 Å². The van der Waals surface area contributed by atoms with Crippen LogP contribution in [0.3, 0.4) is 0 Å². The Morgan fingerprint density at radius 3 is 2.48 bits per heavy atom. The van der Waals surface area contributed by atoms with Crippen LogP contribution in [0.25, 0.3) is 0 Å². The zero-order valence-electron chi connectivity index (χ0n) is 13.9. The first kappa shape index (κ1) is 16.5. The summed E-state index contributed by atoms with van der Waals surface area (Å²) in [6.07, 6.45) is 0. The molecule has 1 atom stereocenters. The number of benzene rings is 2. The monoisotopic (exact) mass is 335 g/mol. The van der Waals surface area contributed by atoms with Gasteiger partial charge in [-0.15, -0.1) is 0 Å². The number of hydrogen-bond donors (Lipinski definition) is 1. The SMILES string of the molecule is COc1ccc([C@]2(C)NC(=O)N(Cc3ccccc3C#N)C2=O)cc1. The van der Waals surface area contributed by atoms with E-state index in [1.807, 2.05) is 0 Å². The van der Waals surface area contributed by atoms with Gasteiger partial charge in [-0.25, -0.2) is 4.79 Å². The van der Waals surface area contributed by atoms with E-state index in [4.69, 9.17) is 4.74 Å². The normalized spacial score (nSPS) is 19.5. The van der Waals surface area contributed by atoms with E-state index in [1.54, 1.807) is 62.6 Å². The molecule has 3 rings (SSSR count). The van der Waals surface area contributed by atoms with Crippen molar-refractivity contribution in [1.29, 1.82) is 5.26 Å². The molecule has 0 radical (unpaired) electrons. The Morgan fingerprint density at radius 2 is 1.84 bits per heavy atom. The molecule has 1 saturated heterocycles. The number of ether oxygens (including phenoxy) is 1. The van der Waals surface area contributed by atoms with Crippen LogP contribution in [0.4, 0.5) is 4.79 Å². The summed E-state index contributed by atoms with van der Waals surface area (Å²) in [4.78, 5) is 26.5. The summed E-state index contributed by atoms with van der Waals surface area (Å²) in [7, 11) is 1.56. The van der Waals surface area contributed by atoms with E-state index in [0.717, 1.165) is 4.90 Å². The second-order valence-electron chi connectivity index (χ2n) is 5.94. The lowest BCUT2D eigenvalue weighted by Gasteiger charge is -2.22. The molecular weight excluding hydrogens is 318 g/mol. The van der Waals surface area contributed by atoms with Gasteiger partial charge in [-0.2, -0.15) is 5.26 Å². The van der Waals surface area contributed by atoms with E-state index < -0.39 is 11.6 Å². The molecule has 1 fully saturated rings. The molecule has 2 aromatic carbocycles. The fourth-order valence-electron chi connectivity index (χ4n) is 2.90. The summed E-state index contributed by atoms with van der Waals surface area (Å²) < 4.78 is 5.13. The molecule has 6 nitrogen and oxygen atoms in total. The molecule has 3 amide bonds. The van der Waals surface area contributed by atoms with Crippen LogP contribution in [0.15, 0.2) is 48.5 Å². The summed E-state index contributed by atoms with van der Waals surface area (Å²) in [6.45, 7) is 1.73. The van der Waals surface area contributed by atoms with E-state index in [0.29, 0.717) is 22.4 Å². The second kappa shape index (κ2) is 6.29. The van der Waals surface area contributed by atoms with Crippen molar-refractivity contribution in [2.45, 2.75) is 19.0 Å². The summed E-state index contributed by atoms with van der Waals surface area (Å²) in [5, 5.41) is 11.9. The Morgan fingerprint density at radius 1 is 1.16 bits per heavy atom. The Kier molecular flexibility index (Phi) is 4.15. The number of hydrogen-bond acceptors (Lipinski definition) is 4. The van der Waals surface area contributed by atoms with Crippen LogP contribution in [-0.2, 0) is 16.9 Å². The van der Waals surface area contributed by atoms with E-state index in [1.165, 1.54) is 0 Å². The molecule has 1 aliphatic heterocycles. The van der Waals surface area contributed by atoms with Crippen molar-refractivity contribution >= 4 is 11.9 Å². The van der Waals surface area contributed by atoms with Gasteiger partial charge in [0.15, 0.2) is 0 Å². The summed E-state index contributed by atoms with van der Waals surface area (Å²) in [6, 6.07) is 15.5. The minimum Gasteiger partial charge on any atom is -0.497 e. The van der Waals surface area contributed by atoms with Crippen LogP contribution in [0.1, 0.15) is 23.6 Å². The Hall–Kier alpha value is -3.33. The van der Waals surface area contributed by atoms with Crippen molar-refractivity contribution in [2.75, 3.05) is 7.11 Å². The highest BCUT2D eigenvalue weighted by Gasteiger charge is 2.48. The zero-order chi connectivity index (χ0) is 18.0. The standard InChI is InChI=1S/C19H17N3O3/c1-19(15-7-9-16(25-2)10-8-15)17(23)22(18(24)21-19)12-14-6-4-3-5-13(14)11-20/h3-10H,12H2,1-2H3,(H,21,24)/t19-/m0/s1. The highest BCUT2D eigenvalue weighted by Crippen LogP contribution is 2.31. The second-order valence-corrected chi connectivity index (χ2v) is 5.94. The summed E-state index contributed by atoms with van der Waals surface area (Å²) in [5.74, 6) is 0.319. The van der Waals surface area contributed by atoms with Gasteiger partial charge < -0.3 is 10.1 Å². The first-order valence-electron chi connectivity index (χ1n) is 7.76. The number of nitrogens with one attached hydrogen (secondary N) is 1. The topological polar surface area (TPSA) is 82.4 Å². The molecule has 0 unspecified atom stereocenters. The first-order valence-corrected chi connectivity index (χ1v) is 7.76. The van der Waals surface area contributed by atoms with Crippen LogP contribution in [-0.4, -0.2) is 23.9 Å². The smallest absolute Gasteiger partial charge is 0.325 e. The van der Waals surface area contributed by atoms with Gasteiger partial charge in [0.1, 0.15) is 11.3 Å². The van der Waals surface area contributed by atoms with Crippen LogP contribution in [0.2, 0.25) is 0 Å². The molecule has 6 heteroatoms. The average Bonchev–Trinajstić information content (AvgIpc) is 2.86. The number of nitriles is 1. The molecule has 1 N–H and O–H groups in total. The van der Waals surface area contributed by atoms with E-state index in [2.05, 4.69) is 11.4 Å². The molecule has 0 aromatic heterocycles. The number of rotatable bonds is 4. The minimum absolute atomic E-state index is 0.0557. The fourth-order valence-corrected chi connectivity index (χ4v) is 2.90. The maximum Gasteiger partial charge on any atom is 0.325 e. The quantitative estimate of drug-likeness (QED) is 0.871. The number of nitrogens with zero attached hydrogens (tertiary/aromatic N) is 2. The van der Waals surface area contributed by atoms with Gasteiger partial charge in [-0.3, -0.25) is 9.69 Å².